The number of nitrogens with zero attached hydrogens (tertiary/aromatic N) is 5. The molecule has 0 aliphatic rings. The van der Waals surface area contributed by atoms with Gasteiger partial charge >= 0.3 is 6.55 Å². The predicted octanol–water partition coefficient (Wildman–Crippen LogP) is 4.23. The number of benzene rings is 2. The number of rotatable bonds is 6. The molecule has 0 aliphatic heterocycles. The molecule has 0 fully saturated rings. The molecule has 0 bridgehead atoms. The Balaban J connectivity index is 1.57. The maximum Gasteiger partial charge on any atom is 0.321 e. The highest BCUT2D eigenvalue weighted by Crippen LogP contribution is 2.30. The number of aromatic nitrogens is 5. The van der Waals surface area contributed by atoms with Crippen LogP contribution in [0, 0.1) is 0 Å². The molecule has 2 heterocycles. The van der Waals surface area contributed by atoms with Crippen LogP contribution in [0.15, 0.2) is 59.8 Å². The zero-order chi connectivity index (χ0) is 19.5. The van der Waals surface area contributed by atoms with Crippen LogP contribution in [0.25, 0.3) is 11.0 Å². The number of nitrogens with one attached hydrogen (secondary N) is 1. The summed E-state index contributed by atoms with van der Waals surface area (Å²) in [5.41, 5.74) is 7.45. The summed E-state index contributed by atoms with van der Waals surface area (Å²) in [5, 5.41) is 3.23. The molecule has 0 radical (unpaired) electrons. The van der Waals surface area contributed by atoms with Crippen LogP contribution >= 0.6 is 11.8 Å². The maximum absolute atomic E-state index is 13.5. The summed E-state index contributed by atoms with van der Waals surface area (Å²) in [4.78, 5) is 16.8. The first-order valence-electron chi connectivity index (χ1n) is 8.30. The average Bonchev–Trinajstić information content (AvgIpc) is 3.05. The highest BCUT2D eigenvalue weighted by molar-refractivity contribution is 7.98. The van der Waals surface area contributed by atoms with Crippen LogP contribution in [0.3, 0.4) is 0 Å². The SMILES string of the molecule is Nc1nc(CSc2nc3ccccc3n2C(F)F)nc(Nc2ccccc2)n1. The minimum Gasteiger partial charge on any atom is -0.368 e. The molecule has 7 nitrogen and oxygen atoms in total. The van der Waals surface area contributed by atoms with E-state index >= 15 is 0 Å². The molecular formula is C18H15F2N7S. The van der Waals surface area contributed by atoms with E-state index in [9.17, 15) is 8.78 Å². The summed E-state index contributed by atoms with van der Waals surface area (Å²) >= 11 is 1.11. The van der Waals surface area contributed by atoms with Gasteiger partial charge in [0, 0.05) is 5.69 Å². The molecule has 4 aromatic rings. The number of para-hydroxylation sites is 3. The lowest BCUT2D eigenvalue weighted by atomic mass is 10.3. The summed E-state index contributed by atoms with van der Waals surface area (Å²) in [6.45, 7) is -2.70. The van der Waals surface area contributed by atoms with Gasteiger partial charge in [0.1, 0.15) is 5.82 Å². The van der Waals surface area contributed by atoms with Crippen LogP contribution in [0.1, 0.15) is 12.4 Å². The molecule has 10 heteroatoms. The molecule has 4 rings (SSSR count). The number of thioether (sulfide) groups is 1. The molecule has 142 valence electrons. The molecule has 0 spiro atoms. The number of fused-ring (bicyclic) bond motifs is 1. The van der Waals surface area contributed by atoms with E-state index in [1.807, 2.05) is 30.3 Å². The molecule has 2 aromatic carbocycles. The van der Waals surface area contributed by atoms with E-state index in [1.165, 1.54) is 0 Å². The second kappa shape index (κ2) is 7.77. The molecule has 0 saturated heterocycles. The van der Waals surface area contributed by atoms with Crippen molar-refractivity contribution in [3.05, 3.63) is 60.4 Å². The van der Waals surface area contributed by atoms with E-state index in [1.54, 1.807) is 24.3 Å². The Kier molecular flexibility index (Phi) is 5.02. The number of halogens is 2. The van der Waals surface area contributed by atoms with Gasteiger partial charge in [-0.3, -0.25) is 4.57 Å². The Labute approximate surface area is 163 Å². The van der Waals surface area contributed by atoms with Crippen molar-refractivity contribution in [2.24, 2.45) is 0 Å². The van der Waals surface area contributed by atoms with E-state index in [4.69, 9.17) is 5.73 Å². The molecule has 28 heavy (non-hydrogen) atoms. The molecule has 2 aromatic heterocycles. The third kappa shape index (κ3) is 3.86. The van der Waals surface area contributed by atoms with Crippen LogP contribution in [-0.2, 0) is 5.75 Å². The van der Waals surface area contributed by atoms with Crippen molar-refractivity contribution in [3.8, 4) is 0 Å². The molecule has 3 N–H and O–H groups in total. The van der Waals surface area contributed by atoms with Gasteiger partial charge in [-0.2, -0.15) is 23.7 Å². The smallest absolute Gasteiger partial charge is 0.321 e. The second-order valence-electron chi connectivity index (χ2n) is 5.74. The van der Waals surface area contributed by atoms with Crippen molar-refractivity contribution < 1.29 is 8.78 Å². The number of imidazole rings is 1. The van der Waals surface area contributed by atoms with Gasteiger partial charge in [-0.25, -0.2) is 4.98 Å². The summed E-state index contributed by atoms with van der Waals surface area (Å²) < 4.78 is 27.9. The third-order valence-corrected chi connectivity index (χ3v) is 4.77. The molecular weight excluding hydrogens is 384 g/mol. The van der Waals surface area contributed by atoms with Gasteiger partial charge in [0.2, 0.25) is 11.9 Å². The Morgan fingerprint density at radius 3 is 2.50 bits per heavy atom. The van der Waals surface area contributed by atoms with Crippen molar-refractivity contribution in [3.63, 3.8) is 0 Å². The predicted molar refractivity (Wildman–Crippen MR) is 105 cm³/mol. The number of anilines is 3. The minimum absolute atomic E-state index is 0.0476. The summed E-state index contributed by atoms with van der Waals surface area (Å²) in [6.07, 6.45) is 0. The van der Waals surface area contributed by atoms with Gasteiger partial charge in [0.05, 0.1) is 16.8 Å². The van der Waals surface area contributed by atoms with Crippen molar-refractivity contribution in [1.29, 1.82) is 0 Å². The quantitative estimate of drug-likeness (QED) is 0.468. The van der Waals surface area contributed by atoms with E-state index in [0.29, 0.717) is 16.9 Å². The Bertz CT molecular complexity index is 1100. The zero-order valence-electron chi connectivity index (χ0n) is 14.5. The van der Waals surface area contributed by atoms with Crippen molar-refractivity contribution >= 4 is 40.4 Å². The number of nitrogen functional groups attached to an aromatic ring is 1. The number of nitrogens with two attached hydrogens (primary N) is 1. The number of hydrogen-bond acceptors (Lipinski definition) is 7. The first kappa shape index (κ1) is 18.1. The fourth-order valence-electron chi connectivity index (χ4n) is 2.65. The normalized spacial score (nSPS) is 11.2. The van der Waals surface area contributed by atoms with Crippen molar-refractivity contribution in [1.82, 2.24) is 24.5 Å². The van der Waals surface area contributed by atoms with E-state index in [2.05, 4.69) is 25.3 Å². The fraction of sp³-hybridized carbons (Fsp3) is 0.111. The Morgan fingerprint density at radius 2 is 1.71 bits per heavy atom. The minimum atomic E-state index is -2.70. The lowest BCUT2D eigenvalue weighted by Crippen LogP contribution is -2.07. The first-order chi connectivity index (χ1) is 13.6. The molecule has 0 saturated carbocycles. The highest BCUT2D eigenvalue weighted by atomic mass is 32.2. The fourth-order valence-corrected chi connectivity index (χ4v) is 3.52. The van der Waals surface area contributed by atoms with Gasteiger partial charge in [-0.15, -0.1) is 0 Å². The van der Waals surface area contributed by atoms with Gasteiger partial charge in [-0.1, -0.05) is 42.1 Å². The first-order valence-corrected chi connectivity index (χ1v) is 9.29. The third-order valence-electron chi connectivity index (χ3n) is 3.82. The number of hydrogen-bond donors (Lipinski definition) is 2. The topological polar surface area (TPSA) is 94.5 Å². The maximum atomic E-state index is 13.5. The lowest BCUT2D eigenvalue weighted by Gasteiger charge is -2.08. The van der Waals surface area contributed by atoms with Crippen LogP contribution in [0.2, 0.25) is 0 Å². The van der Waals surface area contributed by atoms with Crippen LogP contribution in [-0.4, -0.2) is 24.5 Å². The number of alkyl halides is 2. The molecule has 0 atom stereocenters. The van der Waals surface area contributed by atoms with E-state index < -0.39 is 6.55 Å². The standard InChI is InChI=1S/C18H15F2N7S/c19-15(20)27-13-9-5-4-8-12(13)23-18(27)28-10-14-24-16(21)26-17(25-14)22-11-6-2-1-3-7-11/h1-9,15H,10H2,(H3,21,22,24,25,26). The second-order valence-corrected chi connectivity index (χ2v) is 6.69. The Hall–Kier alpha value is -3.27. The van der Waals surface area contributed by atoms with Gasteiger partial charge in [-0.05, 0) is 24.3 Å². The zero-order valence-corrected chi connectivity index (χ0v) is 15.3. The van der Waals surface area contributed by atoms with Crippen molar-refractivity contribution in [2.75, 3.05) is 11.1 Å². The molecule has 0 aliphatic carbocycles. The summed E-state index contributed by atoms with van der Waals surface area (Å²) in [6, 6.07) is 16.1. The molecule has 0 unspecified atom stereocenters. The van der Waals surface area contributed by atoms with Gasteiger partial charge in [0.25, 0.3) is 0 Å². The Morgan fingerprint density at radius 1 is 0.964 bits per heavy atom. The van der Waals surface area contributed by atoms with Gasteiger partial charge in [0.15, 0.2) is 5.16 Å². The lowest BCUT2D eigenvalue weighted by molar-refractivity contribution is 0.0656. The summed E-state index contributed by atoms with van der Waals surface area (Å²) in [7, 11) is 0. The van der Waals surface area contributed by atoms with E-state index in [-0.39, 0.29) is 22.8 Å². The molecule has 0 amide bonds. The average molecular weight is 399 g/mol. The van der Waals surface area contributed by atoms with Gasteiger partial charge < -0.3 is 11.1 Å². The highest BCUT2D eigenvalue weighted by Gasteiger charge is 2.18. The monoisotopic (exact) mass is 399 g/mol. The van der Waals surface area contributed by atoms with Crippen LogP contribution < -0.4 is 11.1 Å². The summed E-state index contributed by atoms with van der Waals surface area (Å²) in [5.74, 6) is 0.915. The van der Waals surface area contributed by atoms with Crippen LogP contribution in [0.4, 0.5) is 26.4 Å². The van der Waals surface area contributed by atoms with Crippen molar-refractivity contribution in [2.45, 2.75) is 17.5 Å². The van der Waals surface area contributed by atoms with Crippen LogP contribution in [0.5, 0.6) is 0 Å². The largest absolute Gasteiger partial charge is 0.368 e. The van der Waals surface area contributed by atoms with E-state index in [0.717, 1.165) is 22.0 Å².